The highest BCUT2D eigenvalue weighted by Gasteiger charge is 2.21. The zero-order valence-corrected chi connectivity index (χ0v) is 13.8. The summed E-state index contributed by atoms with van der Waals surface area (Å²) in [5.41, 5.74) is 0.751. The third-order valence-electron chi connectivity index (χ3n) is 3.15. The highest BCUT2D eigenvalue weighted by molar-refractivity contribution is 7.89. The summed E-state index contributed by atoms with van der Waals surface area (Å²) in [6.07, 6.45) is 0. The van der Waals surface area contributed by atoms with Crippen LogP contribution >= 0.6 is 23.2 Å². The summed E-state index contributed by atoms with van der Waals surface area (Å²) in [6, 6.07) is 8.84. The maximum Gasteiger partial charge on any atom is 0.253 e. The second kappa shape index (κ2) is 6.36. The molecule has 0 amide bonds. The van der Waals surface area contributed by atoms with E-state index in [1.807, 2.05) is 0 Å². The molecule has 22 heavy (non-hydrogen) atoms. The Bertz CT molecular complexity index is 851. The number of carbonyl (C=O) groups is 1. The van der Waals surface area contributed by atoms with Crippen molar-refractivity contribution in [1.29, 1.82) is 0 Å². The molecule has 0 bridgehead atoms. The normalized spacial score (nSPS) is 11.5. The third kappa shape index (κ3) is 3.16. The van der Waals surface area contributed by atoms with Crippen LogP contribution in [0.1, 0.15) is 21.5 Å². The van der Waals surface area contributed by atoms with Crippen molar-refractivity contribution in [2.75, 3.05) is 0 Å². The predicted octanol–water partition coefficient (Wildman–Crippen LogP) is 2.68. The van der Waals surface area contributed by atoms with Gasteiger partial charge in [-0.3, -0.25) is 10.6 Å². The van der Waals surface area contributed by atoms with Crippen molar-refractivity contribution in [2.45, 2.75) is 11.8 Å². The first-order chi connectivity index (χ1) is 10.3. The van der Waals surface area contributed by atoms with Gasteiger partial charge in [0.1, 0.15) is 0 Å². The molecule has 0 unspecified atom stereocenters. The third-order valence-corrected chi connectivity index (χ3v) is 5.03. The number of hydrazine groups is 1. The molecule has 0 aromatic heterocycles. The number of nitrogens with one attached hydrogen (secondary N) is 1. The number of rotatable bonds is 4. The molecule has 0 saturated heterocycles. The molecular weight excluding hydrogens is 347 g/mol. The molecule has 0 aliphatic heterocycles. The second-order valence-corrected chi connectivity index (χ2v) is 7.03. The van der Waals surface area contributed by atoms with Gasteiger partial charge in [-0.25, -0.2) is 8.42 Å². The number of ketones is 1. The summed E-state index contributed by atoms with van der Waals surface area (Å²) in [6.45, 7) is 1.53. The van der Waals surface area contributed by atoms with Gasteiger partial charge in [0.05, 0.1) is 9.92 Å². The van der Waals surface area contributed by atoms with Crippen LogP contribution in [0.5, 0.6) is 0 Å². The lowest BCUT2D eigenvalue weighted by Gasteiger charge is -2.11. The minimum absolute atomic E-state index is 0.0639. The Balaban J connectivity index is 2.59. The first-order valence-corrected chi connectivity index (χ1v) is 8.33. The summed E-state index contributed by atoms with van der Waals surface area (Å²) < 4.78 is 23.7. The van der Waals surface area contributed by atoms with Crippen molar-refractivity contribution in [3.8, 4) is 0 Å². The SMILES string of the molecule is Cc1c(C(=O)c2ccc(Cl)cc2Cl)cccc1S(=O)(=O)NN. The zero-order valence-electron chi connectivity index (χ0n) is 11.4. The van der Waals surface area contributed by atoms with E-state index in [-0.39, 0.29) is 26.6 Å². The Kier molecular flexibility index (Phi) is 4.89. The lowest BCUT2D eigenvalue weighted by Crippen LogP contribution is -2.31. The minimum atomic E-state index is -3.86. The predicted molar refractivity (Wildman–Crippen MR) is 85.6 cm³/mol. The summed E-state index contributed by atoms with van der Waals surface area (Å²) in [5.74, 6) is 4.63. The molecule has 0 spiro atoms. The maximum absolute atomic E-state index is 12.6. The number of hydrogen-bond acceptors (Lipinski definition) is 4. The lowest BCUT2D eigenvalue weighted by molar-refractivity contribution is 0.103. The number of sulfonamides is 1. The molecular formula is C14H12Cl2N2O3S. The van der Waals surface area contributed by atoms with Crippen molar-refractivity contribution in [3.05, 3.63) is 63.1 Å². The van der Waals surface area contributed by atoms with E-state index in [0.29, 0.717) is 5.02 Å². The maximum atomic E-state index is 12.6. The largest absolute Gasteiger partial charge is 0.289 e. The van der Waals surface area contributed by atoms with Gasteiger partial charge >= 0.3 is 0 Å². The molecule has 0 fully saturated rings. The average molecular weight is 359 g/mol. The van der Waals surface area contributed by atoms with E-state index >= 15 is 0 Å². The highest BCUT2D eigenvalue weighted by atomic mass is 35.5. The summed E-state index contributed by atoms with van der Waals surface area (Å²) >= 11 is 11.8. The Morgan fingerprint density at radius 2 is 1.82 bits per heavy atom. The lowest BCUT2D eigenvalue weighted by atomic mass is 9.99. The molecule has 2 aromatic carbocycles. The fourth-order valence-electron chi connectivity index (χ4n) is 2.03. The van der Waals surface area contributed by atoms with Crippen LogP contribution in [-0.4, -0.2) is 14.2 Å². The number of nitrogens with two attached hydrogens (primary N) is 1. The van der Waals surface area contributed by atoms with Gasteiger partial charge in [0.25, 0.3) is 10.0 Å². The van der Waals surface area contributed by atoms with Gasteiger partial charge in [-0.1, -0.05) is 35.3 Å². The van der Waals surface area contributed by atoms with Crippen molar-refractivity contribution in [3.63, 3.8) is 0 Å². The van der Waals surface area contributed by atoms with Gasteiger partial charge in [0.2, 0.25) is 0 Å². The number of halogens is 2. The molecule has 0 aliphatic rings. The smallest absolute Gasteiger partial charge is 0.253 e. The van der Waals surface area contributed by atoms with E-state index in [1.54, 1.807) is 4.83 Å². The monoisotopic (exact) mass is 358 g/mol. The van der Waals surface area contributed by atoms with Gasteiger partial charge in [-0.05, 0) is 36.8 Å². The molecule has 0 heterocycles. The Labute approximate surface area is 138 Å². The fraction of sp³-hybridized carbons (Fsp3) is 0.0714. The van der Waals surface area contributed by atoms with Crippen LogP contribution in [0.25, 0.3) is 0 Å². The number of carbonyl (C=O) groups excluding carboxylic acids is 1. The molecule has 116 valence electrons. The van der Waals surface area contributed by atoms with E-state index in [1.165, 1.54) is 43.3 Å². The topological polar surface area (TPSA) is 89.3 Å². The Hall–Kier alpha value is -1.44. The van der Waals surface area contributed by atoms with Crippen LogP contribution in [0, 0.1) is 6.92 Å². The fourth-order valence-corrected chi connectivity index (χ4v) is 3.43. The first kappa shape index (κ1) is 16.9. The number of benzene rings is 2. The van der Waals surface area contributed by atoms with Crippen molar-refractivity contribution in [1.82, 2.24) is 4.83 Å². The van der Waals surface area contributed by atoms with Gasteiger partial charge in [0.15, 0.2) is 5.78 Å². The minimum Gasteiger partial charge on any atom is -0.289 e. The molecule has 8 heteroatoms. The molecule has 3 N–H and O–H groups in total. The zero-order chi connectivity index (χ0) is 16.5. The summed E-state index contributed by atoms with van der Waals surface area (Å²) in [4.78, 5) is 14.3. The molecule has 0 radical (unpaired) electrons. The van der Waals surface area contributed by atoms with Crippen LogP contribution in [0.3, 0.4) is 0 Å². The van der Waals surface area contributed by atoms with Gasteiger partial charge < -0.3 is 0 Å². The Morgan fingerprint density at radius 3 is 2.41 bits per heavy atom. The van der Waals surface area contributed by atoms with Crippen LogP contribution < -0.4 is 10.7 Å². The Morgan fingerprint density at radius 1 is 1.14 bits per heavy atom. The molecule has 0 aliphatic carbocycles. The number of hydrogen-bond donors (Lipinski definition) is 2. The van der Waals surface area contributed by atoms with Crippen molar-refractivity contribution in [2.24, 2.45) is 5.84 Å². The van der Waals surface area contributed by atoms with Crippen LogP contribution in [0.15, 0.2) is 41.3 Å². The van der Waals surface area contributed by atoms with Crippen LogP contribution in [0.4, 0.5) is 0 Å². The van der Waals surface area contributed by atoms with E-state index in [0.717, 1.165) is 0 Å². The second-order valence-electron chi connectivity index (χ2n) is 4.50. The molecule has 5 nitrogen and oxygen atoms in total. The summed E-state index contributed by atoms with van der Waals surface area (Å²) in [5, 5.41) is 0.601. The molecule has 0 atom stereocenters. The molecule has 2 rings (SSSR count). The molecule has 2 aromatic rings. The van der Waals surface area contributed by atoms with Gasteiger partial charge in [-0.15, -0.1) is 0 Å². The van der Waals surface area contributed by atoms with Crippen LogP contribution in [-0.2, 0) is 10.0 Å². The first-order valence-electron chi connectivity index (χ1n) is 6.09. The molecule has 0 saturated carbocycles. The van der Waals surface area contributed by atoms with Crippen molar-refractivity contribution < 1.29 is 13.2 Å². The van der Waals surface area contributed by atoms with Crippen LogP contribution in [0.2, 0.25) is 10.0 Å². The van der Waals surface area contributed by atoms with E-state index in [4.69, 9.17) is 29.0 Å². The standard InChI is InChI=1S/C14H12Cl2N2O3S/c1-8-10(3-2-4-13(8)22(20,21)18-17)14(19)11-6-5-9(15)7-12(11)16/h2-7,18H,17H2,1H3. The van der Waals surface area contributed by atoms with E-state index in [2.05, 4.69) is 0 Å². The highest BCUT2D eigenvalue weighted by Crippen LogP contribution is 2.26. The van der Waals surface area contributed by atoms with E-state index in [9.17, 15) is 13.2 Å². The van der Waals surface area contributed by atoms with Gasteiger partial charge in [-0.2, -0.15) is 4.83 Å². The van der Waals surface area contributed by atoms with Gasteiger partial charge in [0, 0.05) is 16.1 Å². The summed E-state index contributed by atoms with van der Waals surface area (Å²) in [7, 11) is -3.86. The van der Waals surface area contributed by atoms with Crippen molar-refractivity contribution >= 4 is 39.0 Å². The quantitative estimate of drug-likeness (QED) is 0.499. The van der Waals surface area contributed by atoms with E-state index < -0.39 is 15.8 Å². The average Bonchev–Trinajstić information content (AvgIpc) is 2.46.